The number of carbonyl (C=O) groups is 1. The second-order valence-corrected chi connectivity index (χ2v) is 7.82. The molecule has 0 N–H and O–H groups in total. The number of pyridine rings is 1. The summed E-state index contributed by atoms with van der Waals surface area (Å²) in [5.41, 5.74) is 1.53. The van der Waals surface area contributed by atoms with Crippen molar-refractivity contribution in [3.05, 3.63) is 53.4 Å². The maximum Gasteiger partial charge on any atom is 0.339 e. The van der Waals surface area contributed by atoms with Crippen LogP contribution in [0.5, 0.6) is 0 Å². The van der Waals surface area contributed by atoms with Gasteiger partial charge >= 0.3 is 5.97 Å². The van der Waals surface area contributed by atoms with Crippen molar-refractivity contribution < 1.29 is 9.53 Å². The van der Waals surface area contributed by atoms with E-state index in [-0.39, 0.29) is 5.97 Å². The number of hydrogen-bond acceptors (Lipinski definition) is 9. The molecule has 0 bridgehead atoms. The van der Waals surface area contributed by atoms with E-state index in [1.807, 2.05) is 6.07 Å². The lowest BCUT2D eigenvalue weighted by atomic mass is 10.2. The van der Waals surface area contributed by atoms with E-state index in [0.717, 1.165) is 55.7 Å². The van der Waals surface area contributed by atoms with Gasteiger partial charge in [-0.3, -0.25) is 4.90 Å². The molecule has 1 fully saturated rings. The van der Waals surface area contributed by atoms with E-state index in [9.17, 15) is 4.79 Å². The molecule has 0 unspecified atom stereocenters. The van der Waals surface area contributed by atoms with Crippen molar-refractivity contribution in [3.8, 4) is 10.8 Å². The molecule has 0 atom stereocenters. The average molecular weight is 425 g/mol. The highest BCUT2D eigenvalue weighted by Crippen LogP contribution is 2.21. The van der Waals surface area contributed by atoms with Gasteiger partial charge in [0, 0.05) is 56.7 Å². The summed E-state index contributed by atoms with van der Waals surface area (Å²) in [5, 5.41) is 2.94. The van der Waals surface area contributed by atoms with Crippen LogP contribution in [0.4, 0.5) is 5.82 Å². The number of esters is 1. The molecule has 0 saturated carbocycles. The third kappa shape index (κ3) is 4.98. The summed E-state index contributed by atoms with van der Waals surface area (Å²) in [6.07, 6.45) is 6.11. The summed E-state index contributed by atoms with van der Waals surface area (Å²) < 4.78 is 5.02. The highest BCUT2D eigenvalue weighted by molar-refractivity contribution is 7.13. The van der Waals surface area contributed by atoms with Gasteiger partial charge in [0.15, 0.2) is 10.8 Å². The van der Waals surface area contributed by atoms with Gasteiger partial charge in [-0.15, -0.1) is 11.3 Å². The zero-order valence-electron chi connectivity index (χ0n) is 16.9. The Balaban J connectivity index is 1.34. The Morgan fingerprint density at radius 3 is 2.77 bits per heavy atom. The lowest BCUT2D eigenvalue weighted by Crippen LogP contribution is -2.31. The van der Waals surface area contributed by atoms with Crippen molar-refractivity contribution in [1.82, 2.24) is 24.8 Å². The lowest BCUT2D eigenvalue weighted by Gasteiger charge is -2.22. The third-order valence-corrected chi connectivity index (χ3v) is 5.75. The summed E-state index contributed by atoms with van der Waals surface area (Å²) in [4.78, 5) is 34.2. The molecule has 156 valence electrons. The third-order valence-electron chi connectivity index (χ3n) is 4.87. The molecule has 0 radical (unpaired) electrons. The van der Waals surface area contributed by atoms with E-state index in [2.05, 4.69) is 30.1 Å². The maximum atomic E-state index is 11.8. The fourth-order valence-electron chi connectivity index (χ4n) is 3.39. The molecule has 3 aromatic heterocycles. The van der Waals surface area contributed by atoms with Gasteiger partial charge in [-0.2, -0.15) is 0 Å². The number of aromatic nitrogens is 4. The molecule has 0 amide bonds. The minimum absolute atomic E-state index is 0.331. The predicted octanol–water partition coefficient (Wildman–Crippen LogP) is 2.88. The summed E-state index contributed by atoms with van der Waals surface area (Å²) in [6, 6.07) is 5.49. The van der Waals surface area contributed by atoms with Crippen LogP contribution in [-0.2, 0) is 11.3 Å². The molecule has 0 aliphatic carbocycles. The molecular weight excluding hydrogens is 400 g/mol. The molecule has 9 heteroatoms. The quantitative estimate of drug-likeness (QED) is 0.559. The Kier molecular flexibility index (Phi) is 6.60. The summed E-state index contributed by atoms with van der Waals surface area (Å²) in [5.74, 6) is 1.23. The summed E-state index contributed by atoms with van der Waals surface area (Å²) in [7, 11) is 0. The van der Waals surface area contributed by atoms with Gasteiger partial charge in [0.2, 0.25) is 0 Å². The maximum absolute atomic E-state index is 11.8. The number of ether oxygens (including phenoxy) is 1. The largest absolute Gasteiger partial charge is 0.462 e. The fraction of sp³-hybridized carbons (Fsp3) is 0.381. The summed E-state index contributed by atoms with van der Waals surface area (Å²) >= 11 is 1.58. The fourth-order valence-corrected chi connectivity index (χ4v) is 4.14. The zero-order chi connectivity index (χ0) is 20.8. The lowest BCUT2D eigenvalue weighted by molar-refractivity contribution is 0.0526. The first-order valence-corrected chi connectivity index (χ1v) is 10.9. The van der Waals surface area contributed by atoms with E-state index in [1.54, 1.807) is 49.0 Å². The van der Waals surface area contributed by atoms with E-state index < -0.39 is 0 Å². The minimum Gasteiger partial charge on any atom is -0.462 e. The molecule has 8 nitrogen and oxygen atoms in total. The molecule has 1 aliphatic rings. The van der Waals surface area contributed by atoms with Crippen molar-refractivity contribution in [3.63, 3.8) is 0 Å². The number of thiazole rings is 1. The van der Waals surface area contributed by atoms with E-state index >= 15 is 0 Å². The Labute approximate surface area is 179 Å². The number of hydrogen-bond donors (Lipinski definition) is 0. The van der Waals surface area contributed by atoms with Crippen molar-refractivity contribution >= 4 is 23.1 Å². The van der Waals surface area contributed by atoms with Crippen LogP contribution in [0.25, 0.3) is 10.8 Å². The normalized spacial score (nSPS) is 15.0. The minimum atomic E-state index is -0.331. The smallest absolute Gasteiger partial charge is 0.339 e. The molecule has 0 aromatic carbocycles. The number of nitrogens with zero attached hydrogens (tertiary/aromatic N) is 6. The van der Waals surface area contributed by atoms with Gasteiger partial charge < -0.3 is 9.64 Å². The van der Waals surface area contributed by atoms with Crippen LogP contribution in [0.1, 0.15) is 29.4 Å². The molecule has 4 heterocycles. The predicted molar refractivity (Wildman–Crippen MR) is 115 cm³/mol. The zero-order valence-corrected chi connectivity index (χ0v) is 17.7. The topological polar surface area (TPSA) is 84.3 Å². The molecule has 0 spiro atoms. The Morgan fingerprint density at radius 1 is 1.13 bits per heavy atom. The van der Waals surface area contributed by atoms with Crippen molar-refractivity contribution in [1.29, 1.82) is 0 Å². The van der Waals surface area contributed by atoms with E-state index in [0.29, 0.717) is 18.0 Å². The van der Waals surface area contributed by atoms with Gasteiger partial charge in [0.05, 0.1) is 17.9 Å². The van der Waals surface area contributed by atoms with Gasteiger partial charge in [0.25, 0.3) is 0 Å². The highest BCUT2D eigenvalue weighted by atomic mass is 32.1. The van der Waals surface area contributed by atoms with E-state index in [1.165, 1.54) is 0 Å². The first kappa shape index (κ1) is 20.4. The molecule has 30 heavy (non-hydrogen) atoms. The van der Waals surface area contributed by atoms with Crippen LogP contribution in [0.3, 0.4) is 0 Å². The van der Waals surface area contributed by atoms with Crippen molar-refractivity contribution in [2.75, 3.05) is 37.7 Å². The van der Waals surface area contributed by atoms with Gasteiger partial charge in [-0.25, -0.2) is 24.7 Å². The first-order valence-electron chi connectivity index (χ1n) is 10.0. The van der Waals surface area contributed by atoms with Crippen LogP contribution in [-0.4, -0.2) is 63.6 Å². The SMILES string of the molecule is CCOC(=O)c1ccc(N2CCCN(Cc3csc(-c4ncccn4)n3)CC2)nc1. The van der Waals surface area contributed by atoms with Crippen LogP contribution in [0.2, 0.25) is 0 Å². The van der Waals surface area contributed by atoms with Crippen LogP contribution in [0, 0.1) is 0 Å². The molecule has 1 saturated heterocycles. The van der Waals surface area contributed by atoms with Crippen molar-refractivity contribution in [2.24, 2.45) is 0 Å². The monoisotopic (exact) mass is 424 g/mol. The van der Waals surface area contributed by atoms with Gasteiger partial charge in [-0.1, -0.05) is 0 Å². The van der Waals surface area contributed by atoms with Crippen LogP contribution >= 0.6 is 11.3 Å². The second-order valence-electron chi connectivity index (χ2n) is 6.96. The number of rotatable bonds is 6. The number of anilines is 1. The Morgan fingerprint density at radius 2 is 2.00 bits per heavy atom. The van der Waals surface area contributed by atoms with Crippen molar-refractivity contribution in [2.45, 2.75) is 19.9 Å². The van der Waals surface area contributed by atoms with Crippen LogP contribution in [0.15, 0.2) is 42.2 Å². The second kappa shape index (κ2) is 9.73. The first-order chi connectivity index (χ1) is 14.7. The number of carbonyl (C=O) groups excluding carboxylic acids is 1. The standard InChI is InChI=1S/C21H24N6O2S/c1-2-29-21(28)16-5-6-18(24-13-16)27-10-4-9-26(11-12-27)14-17-15-30-20(25-17)19-22-7-3-8-23-19/h3,5-8,13,15H,2,4,9-12,14H2,1H3. The Hall–Kier alpha value is -2.91. The molecule has 4 rings (SSSR count). The summed E-state index contributed by atoms with van der Waals surface area (Å²) in [6.45, 7) is 6.72. The molecule has 3 aromatic rings. The highest BCUT2D eigenvalue weighted by Gasteiger charge is 2.18. The van der Waals surface area contributed by atoms with E-state index in [4.69, 9.17) is 9.72 Å². The molecular formula is C21H24N6O2S. The molecule has 1 aliphatic heterocycles. The Bertz CT molecular complexity index is 963. The average Bonchev–Trinajstić information content (AvgIpc) is 3.12. The van der Waals surface area contributed by atoms with Gasteiger partial charge in [-0.05, 0) is 31.5 Å². The van der Waals surface area contributed by atoms with Gasteiger partial charge in [0.1, 0.15) is 5.82 Å². The van der Waals surface area contributed by atoms with Crippen LogP contribution < -0.4 is 4.90 Å².